The Morgan fingerprint density at radius 3 is 2.61 bits per heavy atom. The number of rotatable bonds is 5. The van der Waals surface area contributed by atoms with Crippen molar-refractivity contribution < 1.29 is 9.47 Å². The van der Waals surface area contributed by atoms with Crippen molar-refractivity contribution in [3.05, 3.63) is 40.1 Å². The Morgan fingerprint density at radius 2 is 1.92 bits per heavy atom. The van der Waals surface area contributed by atoms with Gasteiger partial charge in [0.15, 0.2) is 17.3 Å². The summed E-state index contributed by atoms with van der Waals surface area (Å²) in [7, 11) is 1.72. The summed E-state index contributed by atoms with van der Waals surface area (Å²) in [6, 6.07) is 9.02. The molecule has 1 unspecified atom stereocenters. The van der Waals surface area contributed by atoms with Gasteiger partial charge >= 0.3 is 5.69 Å². The van der Waals surface area contributed by atoms with Crippen LogP contribution in [0, 0.1) is 11.3 Å². The van der Waals surface area contributed by atoms with Gasteiger partial charge in [-0.2, -0.15) is 10.2 Å². The smallest absolute Gasteiger partial charge is 0.350 e. The van der Waals surface area contributed by atoms with Crippen LogP contribution in [0.2, 0.25) is 0 Å². The van der Waals surface area contributed by atoms with Crippen molar-refractivity contribution in [1.82, 2.24) is 24.0 Å². The fourth-order valence-electron chi connectivity index (χ4n) is 6.25. The molecule has 10 heteroatoms. The van der Waals surface area contributed by atoms with Crippen molar-refractivity contribution in [3.8, 4) is 17.6 Å². The Labute approximate surface area is 222 Å². The number of aromatic nitrogens is 4. The third kappa shape index (κ3) is 3.75. The second kappa shape index (κ2) is 9.02. The molecule has 38 heavy (non-hydrogen) atoms. The van der Waals surface area contributed by atoms with Crippen LogP contribution >= 0.6 is 0 Å². The van der Waals surface area contributed by atoms with Crippen LogP contribution in [-0.4, -0.2) is 55.0 Å². The number of aryl methyl sites for hydroxylation is 2. The molecule has 1 spiro atoms. The van der Waals surface area contributed by atoms with Gasteiger partial charge in [0.25, 0.3) is 5.79 Å². The van der Waals surface area contributed by atoms with E-state index in [1.54, 1.807) is 7.05 Å². The van der Waals surface area contributed by atoms with E-state index in [0.717, 1.165) is 37.3 Å². The van der Waals surface area contributed by atoms with E-state index in [2.05, 4.69) is 53.8 Å². The molecule has 2 aliphatic heterocycles. The van der Waals surface area contributed by atoms with Crippen LogP contribution in [-0.2, 0) is 20.0 Å². The highest BCUT2D eigenvalue weighted by Gasteiger charge is 2.47. The molecular formula is C28H35N7O3. The molecule has 0 radical (unpaired) electrons. The number of nitriles is 1. The molecule has 1 saturated heterocycles. The van der Waals surface area contributed by atoms with Crippen molar-refractivity contribution in [2.24, 2.45) is 7.05 Å². The molecule has 2 fully saturated rings. The summed E-state index contributed by atoms with van der Waals surface area (Å²) in [6.07, 6.45) is 3.22. The highest BCUT2D eigenvalue weighted by atomic mass is 16.7. The van der Waals surface area contributed by atoms with Crippen molar-refractivity contribution in [2.75, 3.05) is 18.0 Å². The third-order valence-electron chi connectivity index (χ3n) is 8.55. The van der Waals surface area contributed by atoms with Gasteiger partial charge < -0.3 is 18.9 Å². The Bertz CT molecular complexity index is 1500. The molecule has 6 rings (SSSR count). The standard InChI is InChI=1S/C28H35N7O3/c1-6-33-23(10-13-29)30-24-25(31-27(36)32(5)26(24)33)35-16-17(2)34(15-18(35)3)19(4)20-8-9-21-22(14-20)38-28(37-21)11-7-12-28/h8-9,14,17-19H,6-7,10-12,15-16H2,1-5H3/t17-,18+,19?/m1/s1. The molecule has 0 bridgehead atoms. The second-order valence-corrected chi connectivity index (χ2v) is 11.0. The lowest BCUT2D eigenvalue weighted by Gasteiger charge is -2.47. The van der Waals surface area contributed by atoms with E-state index in [-0.39, 0.29) is 30.2 Å². The van der Waals surface area contributed by atoms with E-state index in [1.807, 2.05) is 17.6 Å². The number of piperazine rings is 1. The van der Waals surface area contributed by atoms with Gasteiger partial charge in [-0.15, -0.1) is 0 Å². The summed E-state index contributed by atoms with van der Waals surface area (Å²) in [4.78, 5) is 26.9. The summed E-state index contributed by atoms with van der Waals surface area (Å²) in [5.41, 5.74) is 2.28. The molecule has 4 heterocycles. The summed E-state index contributed by atoms with van der Waals surface area (Å²) in [6.45, 7) is 10.8. The van der Waals surface area contributed by atoms with Gasteiger partial charge in [-0.05, 0) is 51.8 Å². The lowest BCUT2D eigenvalue weighted by molar-refractivity contribution is -0.138. The Morgan fingerprint density at radius 1 is 1.16 bits per heavy atom. The molecule has 10 nitrogen and oxygen atoms in total. The quantitative estimate of drug-likeness (QED) is 0.507. The monoisotopic (exact) mass is 517 g/mol. The van der Waals surface area contributed by atoms with Gasteiger partial charge in [0, 0.05) is 57.6 Å². The SMILES string of the molecule is CCn1c(CC#N)nc2c(N3C[C@@H](C)N(C(C)c4ccc5c(c4)OC4(CCC4)O5)C[C@@H]3C)nc(=O)n(C)c21. The first-order valence-electron chi connectivity index (χ1n) is 13.6. The van der Waals surface area contributed by atoms with E-state index in [0.29, 0.717) is 35.9 Å². The lowest BCUT2D eigenvalue weighted by atomic mass is 9.91. The normalized spacial score (nSPS) is 23.0. The van der Waals surface area contributed by atoms with Crippen molar-refractivity contribution >= 4 is 17.0 Å². The number of benzene rings is 1. The lowest BCUT2D eigenvalue weighted by Crippen LogP contribution is -2.57. The van der Waals surface area contributed by atoms with E-state index in [9.17, 15) is 10.1 Å². The van der Waals surface area contributed by atoms with Crippen molar-refractivity contribution in [3.63, 3.8) is 0 Å². The Balaban J connectivity index is 1.28. The van der Waals surface area contributed by atoms with Crippen LogP contribution < -0.4 is 20.1 Å². The minimum Gasteiger partial charge on any atom is -0.448 e. The molecule has 0 N–H and O–H groups in total. The summed E-state index contributed by atoms with van der Waals surface area (Å²) < 4.78 is 15.8. The molecule has 1 aromatic carbocycles. The van der Waals surface area contributed by atoms with Gasteiger partial charge in [-0.3, -0.25) is 9.47 Å². The number of anilines is 1. The number of imidazole rings is 1. The van der Waals surface area contributed by atoms with Crippen LogP contribution in [0.4, 0.5) is 5.82 Å². The molecule has 1 saturated carbocycles. The van der Waals surface area contributed by atoms with Crippen molar-refractivity contribution in [2.45, 2.75) is 83.8 Å². The number of ether oxygens (including phenoxy) is 2. The largest absolute Gasteiger partial charge is 0.448 e. The summed E-state index contributed by atoms with van der Waals surface area (Å²) in [5, 5.41) is 9.33. The van der Waals surface area contributed by atoms with Crippen LogP contribution in [0.3, 0.4) is 0 Å². The van der Waals surface area contributed by atoms with Gasteiger partial charge in [0.2, 0.25) is 0 Å². The van der Waals surface area contributed by atoms with E-state index >= 15 is 0 Å². The minimum absolute atomic E-state index is 0.106. The molecular weight excluding hydrogens is 482 g/mol. The fraction of sp³-hybridized carbons (Fsp3) is 0.571. The zero-order chi connectivity index (χ0) is 26.8. The average Bonchev–Trinajstić information content (AvgIpc) is 3.46. The first kappa shape index (κ1) is 24.7. The molecule has 3 atom stereocenters. The Kier molecular flexibility index (Phi) is 5.87. The Hall–Kier alpha value is -3.58. The molecule has 0 amide bonds. The maximum absolute atomic E-state index is 12.9. The van der Waals surface area contributed by atoms with Crippen molar-refractivity contribution in [1.29, 1.82) is 5.26 Å². The number of hydrogen-bond donors (Lipinski definition) is 0. The molecule has 200 valence electrons. The van der Waals surface area contributed by atoms with E-state index in [4.69, 9.17) is 14.5 Å². The van der Waals surface area contributed by atoms with Crippen LogP contribution in [0.15, 0.2) is 23.0 Å². The zero-order valence-electron chi connectivity index (χ0n) is 22.8. The highest BCUT2D eigenvalue weighted by Crippen LogP contribution is 2.49. The topological polar surface area (TPSA) is 101 Å². The average molecular weight is 518 g/mol. The van der Waals surface area contributed by atoms with E-state index < -0.39 is 5.79 Å². The number of hydrogen-bond acceptors (Lipinski definition) is 8. The third-order valence-corrected chi connectivity index (χ3v) is 8.55. The predicted octanol–water partition coefficient (Wildman–Crippen LogP) is 3.53. The predicted molar refractivity (Wildman–Crippen MR) is 143 cm³/mol. The molecule has 2 aromatic heterocycles. The van der Waals surface area contributed by atoms with Gasteiger partial charge in [0.1, 0.15) is 17.0 Å². The van der Waals surface area contributed by atoms with Crippen LogP contribution in [0.25, 0.3) is 11.2 Å². The molecule has 3 aliphatic rings. The van der Waals surface area contributed by atoms with E-state index in [1.165, 1.54) is 10.1 Å². The first-order valence-corrected chi connectivity index (χ1v) is 13.6. The van der Waals surface area contributed by atoms with Gasteiger partial charge in [-0.1, -0.05) is 6.07 Å². The second-order valence-electron chi connectivity index (χ2n) is 11.0. The zero-order valence-corrected chi connectivity index (χ0v) is 22.8. The highest BCUT2D eigenvalue weighted by molar-refractivity contribution is 5.84. The van der Waals surface area contributed by atoms with Crippen LogP contribution in [0.1, 0.15) is 64.4 Å². The summed E-state index contributed by atoms with van der Waals surface area (Å²) >= 11 is 0. The van der Waals surface area contributed by atoms with Gasteiger partial charge in [0.05, 0.1) is 12.5 Å². The fourth-order valence-corrected chi connectivity index (χ4v) is 6.25. The number of fused-ring (bicyclic) bond motifs is 2. The first-order chi connectivity index (χ1) is 18.2. The molecule has 3 aromatic rings. The van der Waals surface area contributed by atoms with Gasteiger partial charge in [-0.25, -0.2) is 9.78 Å². The van der Waals surface area contributed by atoms with Crippen LogP contribution in [0.5, 0.6) is 11.5 Å². The maximum Gasteiger partial charge on any atom is 0.350 e. The number of nitrogens with zero attached hydrogens (tertiary/aromatic N) is 7. The summed E-state index contributed by atoms with van der Waals surface area (Å²) in [5.74, 6) is 2.53. The minimum atomic E-state index is -0.430. The molecule has 1 aliphatic carbocycles. The maximum atomic E-state index is 12.9.